The summed E-state index contributed by atoms with van der Waals surface area (Å²) in [6, 6.07) is 3.16. The van der Waals surface area contributed by atoms with Crippen LogP contribution in [0.25, 0.3) is 0 Å². The van der Waals surface area contributed by atoms with Gasteiger partial charge in [-0.15, -0.1) is 11.3 Å². The topological polar surface area (TPSA) is 3.24 Å². The second-order valence-electron chi connectivity index (χ2n) is 4.49. The van der Waals surface area contributed by atoms with Crippen molar-refractivity contribution < 1.29 is 0 Å². The Morgan fingerprint density at radius 2 is 2.43 bits per heavy atom. The number of fused-ring (bicyclic) bond motifs is 2. The van der Waals surface area contributed by atoms with Gasteiger partial charge in [0.25, 0.3) is 0 Å². The maximum absolute atomic E-state index is 3.51. The standard InChI is InChI=1S/C11H14BrNS/c12-9-4-11(14-7-9)6-13-5-8-1-2-10(13)3-8/h4,7-8,10H,1-3,5-6H2. The zero-order valence-corrected chi connectivity index (χ0v) is 10.5. The summed E-state index contributed by atoms with van der Waals surface area (Å²) in [5, 5.41) is 2.18. The summed E-state index contributed by atoms with van der Waals surface area (Å²) in [7, 11) is 0. The highest BCUT2D eigenvalue weighted by Crippen LogP contribution is 2.38. The van der Waals surface area contributed by atoms with Crippen LogP contribution >= 0.6 is 27.3 Å². The quantitative estimate of drug-likeness (QED) is 0.796. The number of nitrogens with zero attached hydrogens (tertiary/aromatic N) is 1. The molecule has 0 aromatic carbocycles. The number of hydrogen-bond acceptors (Lipinski definition) is 2. The third kappa shape index (κ3) is 1.66. The summed E-state index contributed by atoms with van der Waals surface area (Å²) in [5.41, 5.74) is 0. The molecule has 1 aromatic heterocycles. The lowest BCUT2D eigenvalue weighted by molar-refractivity contribution is 0.207. The molecule has 1 saturated carbocycles. The predicted molar refractivity (Wildman–Crippen MR) is 63.6 cm³/mol. The van der Waals surface area contributed by atoms with Gasteiger partial charge in [0.1, 0.15) is 0 Å². The molecular formula is C11H14BrNS. The van der Waals surface area contributed by atoms with Crippen LogP contribution < -0.4 is 0 Å². The van der Waals surface area contributed by atoms with E-state index in [1.54, 1.807) is 0 Å². The third-order valence-corrected chi connectivity index (χ3v) is 5.19. The largest absolute Gasteiger partial charge is 0.295 e. The normalized spacial score (nSPS) is 31.5. The molecule has 0 radical (unpaired) electrons. The number of piperidine rings is 1. The van der Waals surface area contributed by atoms with Crippen LogP contribution in [0.2, 0.25) is 0 Å². The maximum Gasteiger partial charge on any atom is 0.0331 e. The first-order chi connectivity index (χ1) is 6.81. The molecule has 2 heterocycles. The summed E-state index contributed by atoms with van der Waals surface area (Å²) in [6.07, 6.45) is 4.39. The molecule has 1 saturated heterocycles. The fraction of sp³-hybridized carbons (Fsp3) is 0.636. The van der Waals surface area contributed by atoms with Gasteiger partial charge in [0, 0.05) is 33.9 Å². The molecule has 0 N–H and O–H groups in total. The SMILES string of the molecule is Brc1csc(CN2CC3CCC2C3)c1. The Balaban J connectivity index is 1.68. The van der Waals surface area contributed by atoms with E-state index in [1.807, 2.05) is 11.3 Å². The Hall–Kier alpha value is 0.140. The molecular weight excluding hydrogens is 258 g/mol. The molecule has 14 heavy (non-hydrogen) atoms. The molecule has 1 nitrogen and oxygen atoms in total. The van der Waals surface area contributed by atoms with E-state index in [0.717, 1.165) is 12.0 Å². The van der Waals surface area contributed by atoms with Gasteiger partial charge in [-0.05, 0) is 47.2 Å². The molecule has 1 aromatic rings. The molecule has 3 heteroatoms. The van der Waals surface area contributed by atoms with Crippen LogP contribution in [0, 0.1) is 5.92 Å². The summed E-state index contributed by atoms with van der Waals surface area (Å²) in [4.78, 5) is 4.18. The highest BCUT2D eigenvalue weighted by atomic mass is 79.9. The average molecular weight is 272 g/mol. The van der Waals surface area contributed by atoms with Gasteiger partial charge < -0.3 is 0 Å². The number of rotatable bonds is 2. The highest BCUT2D eigenvalue weighted by molar-refractivity contribution is 9.10. The molecule has 76 valence electrons. The second-order valence-corrected chi connectivity index (χ2v) is 6.41. The third-order valence-electron chi connectivity index (χ3n) is 3.50. The monoisotopic (exact) mass is 271 g/mol. The van der Waals surface area contributed by atoms with Crippen LogP contribution in [0.1, 0.15) is 24.1 Å². The molecule has 2 aliphatic rings. The van der Waals surface area contributed by atoms with E-state index in [1.165, 1.54) is 41.7 Å². The summed E-state index contributed by atoms with van der Waals surface area (Å²) in [5.74, 6) is 1.02. The molecule has 3 rings (SSSR count). The van der Waals surface area contributed by atoms with Crippen molar-refractivity contribution in [2.75, 3.05) is 6.54 Å². The Morgan fingerprint density at radius 1 is 1.50 bits per heavy atom. The van der Waals surface area contributed by atoms with Crippen LogP contribution in [0.4, 0.5) is 0 Å². The lowest BCUT2D eigenvalue weighted by Crippen LogP contribution is -2.30. The predicted octanol–water partition coefficient (Wildman–Crippen LogP) is 3.49. The van der Waals surface area contributed by atoms with E-state index in [-0.39, 0.29) is 0 Å². The molecule has 2 bridgehead atoms. The van der Waals surface area contributed by atoms with Crippen LogP contribution in [-0.4, -0.2) is 17.5 Å². The summed E-state index contributed by atoms with van der Waals surface area (Å²) in [6.45, 7) is 2.53. The fourth-order valence-electron chi connectivity index (χ4n) is 2.86. The van der Waals surface area contributed by atoms with Gasteiger partial charge in [0.15, 0.2) is 0 Å². The minimum absolute atomic E-state index is 0.904. The van der Waals surface area contributed by atoms with Crippen molar-refractivity contribution in [1.29, 1.82) is 0 Å². The fourth-order valence-corrected chi connectivity index (χ4v) is 4.33. The van der Waals surface area contributed by atoms with Crippen molar-refractivity contribution in [3.8, 4) is 0 Å². The molecule has 2 fully saturated rings. The van der Waals surface area contributed by atoms with E-state index in [9.17, 15) is 0 Å². The molecule has 0 amide bonds. The molecule has 0 spiro atoms. The summed E-state index contributed by atoms with van der Waals surface area (Å²) < 4.78 is 1.24. The van der Waals surface area contributed by atoms with Crippen molar-refractivity contribution in [3.63, 3.8) is 0 Å². The molecule has 2 unspecified atom stereocenters. The first kappa shape index (κ1) is 9.37. The van der Waals surface area contributed by atoms with Crippen LogP contribution in [-0.2, 0) is 6.54 Å². The van der Waals surface area contributed by atoms with Gasteiger partial charge in [-0.2, -0.15) is 0 Å². The maximum atomic E-state index is 3.51. The van der Waals surface area contributed by atoms with Crippen molar-refractivity contribution in [1.82, 2.24) is 4.90 Å². The zero-order valence-electron chi connectivity index (χ0n) is 8.08. The minimum atomic E-state index is 0.904. The van der Waals surface area contributed by atoms with Crippen LogP contribution in [0.15, 0.2) is 15.9 Å². The van der Waals surface area contributed by atoms with E-state index in [4.69, 9.17) is 0 Å². The Bertz CT molecular complexity index is 336. The van der Waals surface area contributed by atoms with Gasteiger partial charge in [0.05, 0.1) is 0 Å². The van der Waals surface area contributed by atoms with Crippen molar-refractivity contribution >= 4 is 27.3 Å². The Morgan fingerprint density at radius 3 is 3.00 bits per heavy atom. The van der Waals surface area contributed by atoms with Crippen molar-refractivity contribution in [2.24, 2.45) is 5.92 Å². The Labute approximate surface area is 97.2 Å². The van der Waals surface area contributed by atoms with Gasteiger partial charge >= 0.3 is 0 Å². The van der Waals surface area contributed by atoms with Gasteiger partial charge in [-0.1, -0.05) is 0 Å². The minimum Gasteiger partial charge on any atom is -0.295 e. The lowest BCUT2D eigenvalue weighted by atomic mass is 10.1. The van der Waals surface area contributed by atoms with Crippen LogP contribution in [0.5, 0.6) is 0 Å². The number of hydrogen-bond donors (Lipinski definition) is 0. The molecule has 1 aliphatic carbocycles. The van der Waals surface area contributed by atoms with Gasteiger partial charge in [0.2, 0.25) is 0 Å². The lowest BCUT2D eigenvalue weighted by Gasteiger charge is -2.25. The smallest absolute Gasteiger partial charge is 0.0331 e. The van der Waals surface area contributed by atoms with Gasteiger partial charge in [-0.3, -0.25) is 4.90 Å². The number of halogens is 1. The molecule has 1 aliphatic heterocycles. The summed E-state index contributed by atoms with van der Waals surface area (Å²) >= 11 is 5.39. The van der Waals surface area contributed by atoms with E-state index in [0.29, 0.717) is 0 Å². The molecule has 2 atom stereocenters. The average Bonchev–Trinajstić information content (AvgIpc) is 2.82. The zero-order chi connectivity index (χ0) is 9.54. The van der Waals surface area contributed by atoms with Crippen molar-refractivity contribution in [3.05, 3.63) is 20.8 Å². The van der Waals surface area contributed by atoms with E-state index >= 15 is 0 Å². The van der Waals surface area contributed by atoms with Crippen LogP contribution in [0.3, 0.4) is 0 Å². The first-order valence-electron chi connectivity index (χ1n) is 5.28. The van der Waals surface area contributed by atoms with E-state index < -0.39 is 0 Å². The van der Waals surface area contributed by atoms with E-state index in [2.05, 4.69) is 32.3 Å². The Kier molecular flexibility index (Phi) is 2.42. The number of thiophene rings is 1. The van der Waals surface area contributed by atoms with Gasteiger partial charge in [-0.25, -0.2) is 0 Å². The number of likely N-dealkylation sites (tertiary alicyclic amines) is 1. The highest BCUT2D eigenvalue weighted by Gasteiger charge is 2.37. The first-order valence-corrected chi connectivity index (χ1v) is 6.95. The van der Waals surface area contributed by atoms with Crippen molar-refractivity contribution in [2.45, 2.75) is 31.8 Å². The second kappa shape index (κ2) is 3.62.